The number of ketones is 2. The second kappa shape index (κ2) is 3.23. The first-order valence-electron chi connectivity index (χ1n) is 4.04. The van der Waals surface area contributed by atoms with Crippen molar-refractivity contribution in [3.05, 3.63) is 43.9 Å². The highest BCUT2D eigenvalue weighted by Gasteiger charge is 2.47. The number of Topliss-reactive ketones (excluding diaryl/α,β-unsaturated/α-hetero) is 2. The Labute approximate surface area is 92.4 Å². The number of rotatable bonds is 1. The summed E-state index contributed by atoms with van der Waals surface area (Å²) in [6.07, 6.45) is 0. The van der Waals surface area contributed by atoms with E-state index in [4.69, 9.17) is 0 Å². The summed E-state index contributed by atoms with van der Waals surface area (Å²) in [4.78, 5) is 32.7. The molecule has 1 aliphatic rings. The lowest BCUT2D eigenvalue weighted by molar-refractivity contribution is -0.488. The van der Waals surface area contributed by atoms with E-state index in [1.54, 1.807) is 6.07 Å². The lowest BCUT2D eigenvalue weighted by Crippen LogP contribution is -2.31. The topological polar surface area (TPSA) is 77.3 Å². The Morgan fingerprint density at radius 3 is 2.40 bits per heavy atom. The lowest BCUT2D eigenvalue weighted by atomic mass is 10.1. The molecule has 15 heavy (non-hydrogen) atoms. The van der Waals surface area contributed by atoms with Gasteiger partial charge in [0.25, 0.3) is 0 Å². The van der Waals surface area contributed by atoms with Gasteiger partial charge in [0, 0.05) is 20.5 Å². The summed E-state index contributed by atoms with van der Waals surface area (Å²) < 4.78 is 0.617. The molecule has 1 aromatic carbocycles. The molecule has 0 amide bonds. The number of carbonyl (C=O) groups excluding carboxylic acids is 2. The van der Waals surface area contributed by atoms with Gasteiger partial charge < -0.3 is 0 Å². The van der Waals surface area contributed by atoms with Gasteiger partial charge in [-0.2, -0.15) is 0 Å². The first-order valence-corrected chi connectivity index (χ1v) is 4.83. The van der Waals surface area contributed by atoms with Gasteiger partial charge in [-0.25, -0.2) is 0 Å². The van der Waals surface area contributed by atoms with Crippen LogP contribution in [0.15, 0.2) is 22.7 Å². The molecule has 0 aromatic heterocycles. The number of hydrogen-bond donors (Lipinski definition) is 0. The molecule has 0 saturated heterocycles. The zero-order chi connectivity index (χ0) is 11.2. The summed E-state index contributed by atoms with van der Waals surface area (Å²) in [6, 6.07) is 2.67. The minimum Gasteiger partial charge on any atom is -0.286 e. The largest absolute Gasteiger partial charge is 0.336 e. The summed E-state index contributed by atoms with van der Waals surface area (Å²) in [5.41, 5.74) is 0.251. The number of fused-ring (bicyclic) bond motifs is 1. The van der Waals surface area contributed by atoms with Crippen LogP contribution in [0.2, 0.25) is 0 Å². The molecule has 0 fully saturated rings. The van der Waals surface area contributed by atoms with Crippen molar-refractivity contribution in [2.45, 2.75) is 6.04 Å². The molecule has 5 nitrogen and oxygen atoms in total. The molecule has 1 aliphatic carbocycles. The lowest BCUT2D eigenvalue weighted by Gasteiger charge is -1.94. The molecule has 0 heterocycles. The van der Waals surface area contributed by atoms with Crippen LogP contribution in [0.1, 0.15) is 20.7 Å². The van der Waals surface area contributed by atoms with Gasteiger partial charge in [-0.3, -0.25) is 19.7 Å². The van der Waals surface area contributed by atoms with E-state index in [9.17, 15) is 19.7 Å². The minimum absolute atomic E-state index is 0.121. The van der Waals surface area contributed by atoms with E-state index in [-0.39, 0.29) is 11.1 Å². The first-order chi connectivity index (χ1) is 7.02. The fraction of sp³-hybridized carbons (Fsp3) is 0.111. The van der Waals surface area contributed by atoms with Gasteiger partial charge in [-0.1, -0.05) is 15.9 Å². The molecule has 0 bridgehead atoms. The smallest absolute Gasteiger partial charge is 0.286 e. The van der Waals surface area contributed by atoms with E-state index >= 15 is 0 Å². The molecule has 1 atom stereocenters. The highest BCUT2D eigenvalue weighted by molar-refractivity contribution is 9.10. The Bertz CT molecular complexity index is 497. The summed E-state index contributed by atoms with van der Waals surface area (Å²) in [7, 11) is 0. The number of halogens is 1. The van der Waals surface area contributed by atoms with Crippen LogP contribution >= 0.6 is 15.9 Å². The SMILES string of the molecule is O=C1c2ccc(Br)cc2C(=O)C1[N+](=O)[O-]. The molecule has 1 unspecified atom stereocenters. The summed E-state index contributed by atoms with van der Waals surface area (Å²) >= 11 is 3.14. The third-order valence-electron chi connectivity index (χ3n) is 2.22. The van der Waals surface area contributed by atoms with Crippen LogP contribution in [-0.4, -0.2) is 22.5 Å². The van der Waals surface area contributed by atoms with E-state index in [0.29, 0.717) is 4.47 Å². The third-order valence-corrected chi connectivity index (χ3v) is 2.71. The number of carbonyl (C=O) groups is 2. The van der Waals surface area contributed by atoms with Gasteiger partial charge in [-0.15, -0.1) is 0 Å². The maximum Gasteiger partial charge on any atom is 0.336 e. The predicted molar refractivity (Wildman–Crippen MR) is 53.6 cm³/mol. The molecule has 0 aliphatic heterocycles. The Balaban J connectivity index is 2.60. The molecule has 1 aromatic rings. The number of nitrogens with zero attached hydrogens (tertiary/aromatic N) is 1. The van der Waals surface area contributed by atoms with Crippen LogP contribution in [0.4, 0.5) is 0 Å². The Morgan fingerprint density at radius 2 is 1.80 bits per heavy atom. The van der Waals surface area contributed by atoms with Crippen LogP contribution < -0.4 is 0 Å². The van der Waals surface area contributed by atoms with Gasteiger partial charge in [0.05, 0.1) is 0 Å². The molecule has 0 saturated carbocycles. The van der Waals surface area contributed by atoms with Crippen LogP contribution in [0.3, 0.4) is 0 Å². The summed E-state index contributed by atoms with van der Waals surface area (Å²) in [6.45, 7) is 0. The standard InChI is InChI=1S/C9H4BrNO4/c10-4-1-2-5-6(3-4)9(13)7(8(5)12)11(14)15/h1-3,7H. The number of hydrogen-bond acceptors (Lipinski definition) is 4. The Morgan fingerprint density at radius 1 is 1.20 bits per heavy atom. The monoisotopic (exact) mass is 269 g/mol. The van der Waals surface area contributed by atoms with E-state index < -0.39 is 22.5 Å². The molecule has 0 radical (unpaired) electrons. The molecule has 6 heteroatoms. The number of benzene rings is 1. The molecule has 0 spiro atoms. The van der Waals surface area contributed by atoms with E-state index in [1.807, 2.05) is 0 Å². The molecule has 2 rings (SSSR count). The van der Waals surface area contributed by atoms with Gasteiger partial charge in [-0.05, 0) is 18.2 Å². The summed E-state index contributed by atoms with van der Waals surface area (Å²) in [5, 5.41) is 10.5. The molecule has 0 N–H and O–H groups in total. The first kappa shape index (κ1) is 9.97. The minimum atomic E-state index is -1.76. The second-order valence-corrected chi connectivity index (χ2v) is 4.02. The normalized spacial score (nSPS) is 19.1. The van der Waals surface area contributed by atoms with Crippen molar-refractivity contribution in [1.29, 1.82) is 0 Å². The maximum atomic E-state index is 11.5. The zero-order valence-electron chi connectivity index (χ0n) is 7.27. The van der Waals surface area contributed by atoms with Crippen molar-refractivity contribution in [2.75, 3.05) is 0 Å². The molecular weight excluding hydrogens is 266 g/mol. The van der Waals surface area contributed by atoms with Crippen LogP contribution in [0.5, 0.6) is 0 Å². The Kier molecular flexibility index (Phi) is 2.15. The summed E-state index contributed by atoms with van der Waals surface area (Å²) in [5.74, 6) is -1.46. The molecule has 76 valence electrons. The second-order valence-electron chi connectivity index (χ2n) is 3.11. The van der Waals surface area contributed by atoms with Gasteiger partial charge in [0.15, 0.2) is 0 Å². The van der Waals surface area contributed by atoms with Gasteiger partial charge in [0.1, 0.15) is 0 Å². The number of nitro groups is 1. The highest BCUT2D eigenvalue weighted by Crippen LogP contribution is 2.26. The predicted octanol–water partition coefficient (Wildman–Crippen LogP) is 1.47. The van der Waals surface area contributed by atoms with Gasteiger partial charge >= 0.3 is 6.04 Å². The van der Waals surface area contributed by atoms with Crippen molar-refractivity contribution < 1.29 is 14.5 Å². The highest BCUT2D eigenvalue weighted by atomic mass is 79.9. The fourth-order valence-corrected chi connectivity index (χ4v) is 1.90. The average Bonchev–Trinajstić information content (AvgIpc) is 2.39. The van der Waals surface area contributed by atoms with Gasteiger partial charge in [0.2, 0.25) is 11.6 Å². The average molecular weight is 270 g/mol. The van der Waals surface area contributed by atoms with E-state index in [0.717, 1.165) is 0 Å². The van der Waals surface area contributed by atoms with Crippen molar-refractivity contribution in [2.24, 2.45) is 0 Å². The third kappa shape index (κ3) is 1.37. The fourth-order valence-electron chi connectivity index (χ4n) is 1.54. The van der Waals surface area contributed by atoms with E-state index in [2.05, 4.69) is 15.9 Å². The van der Waals surface area contributed by atoms with Crippen molar-refractivity contribution in [3.63, 3.8) is 0 Å². The zero-order valence-corrected chi connectivity index (χ0v) is 8.85. The van der Waals surface area contributed by atoms with Crippen LogP contribution in [-0.2, 0) is 0 Å². The quantitative estimate of drug-likeness (QED) is 0.440. The van der Waals surface area contributed by atoms with Crippen LogP contribution in [0, 0.1) is 10.1 Å². The van der Waals surface area contributed by atoms with Crippen molar-refractivity contribution in [3.8, 4) is 0 Å². The Hall–Kier alpha value is -1.56. The molecular formula is C9H4BrNO4. The van der Waals surface area contributed by atoms with Crippen molar-refractivity contribution in [1.82, 2.24) is 0 Å². The van der Waals surface area contributed by atoms with E-state index in [1.165, 1.54) is 12.1 Å². The van der Waals surface area contributed by atoms with Crippen LogP contribution in [0.25, 0.3) is 0 Å². The maximum absolute atomic E-state index is 11.5. The van der Waals surface area contributed by atoms with Crippen molar-refractivity contribution >= 4 is 27.5 Å².